The average Bonchev–Trinajstić information content (AvgIpc) is 2.36. The molecule has 0 amide bonds. The van der Waals surface area contributed by atoms with Crippen molar-refractivity contribution in [2.45, 2.75) is 32.9 Å². The van der Waals surface area contributed by atoms with E-state index in [0.717, 1.165) is 5.69 Å². The van der Waals surface area contributed by atoms with Gasteiger partial charge in [0, 0.05) is 29.9 Å². The van der Waals surface area contributed by atoms with Gasteiger partial charge in [-0.1, -0.05) is 0 Å². The molecular weight excluding hydrogens is 285 g/mol. The van der Waals surface area contributed by atoms with Crippen LogP contribution >= 0.6 is 0 Å². The van der Waals surface area contributed by atoms with Crippen molar-refractivity contribution < 1.29 is 18.1 Å². The first-order valence-corrected chi connectivity index (χ1v) is 6.77. The van der Waals surface area contributed by atoms with E-state index in [2.05, 4.69) is 0 Å². The molecule has 0 N–H and O–H groups in total. The fraction of sp³-hybridized carbons (Fsp3) is 0.571. The molecule has 1 aromatic rings. The number of nitrogens with zero attached hydrogens (tertiary/aromatic N) is 2. The molecule has 2 rings (SSSR count). The second-order valence-electron chi connectivity index (χ2n) is 5.49. The third-order valence-corrected chi connectivity index (χ3v) is 3.98. The molecule has 1 aliphatic heterocycles. The Morgan fingerprint density at radius 1 is 1.19 bits per heavy atom. The van der Waals surface area contributed by atoms with Gasteiger partial charge in [-0.2, -0.15) is 13.2 Å². The first kappa shape index (κ1) is 15.6. The Labute approximate surface area is 120 Å². The van der Waals surface area contributed by atoms with Gasteiger partial charge in [0.25, 0.3) is 5.69 Å². The van der Waals surface area contributed by atoms with E-state index in [4.69, 9.17) is 0 Å². The molecule has 7 heteroatoms. The van der Waals surface area contributed by atoms with Crippen molar-refractivity contribution in [3.05, 3.63) is 33.4 Å². The molecule has 0 radical (unpaired) electrons. The summed E-state index contributed by atoms with van der Waals surface area (Å²) >= 11 is 0. The van der Waals surface area contributed by atoms with E-state index in [9.17, 15) is 23.3 Å². The minimum absolute atomic E-state index is 0.0680. The molecule has 21 heavy (non-hydrogen) atoms. The van der Waals surface area contributed by atoms with Crippen LogP contribution in [0.3, 0.4) is 0 Å². The first-order chi connectivity index (χ1) is 9.70. The molecule has 0 aliphatic carbocycles. The van der Waals surface area contributed by atoms with Gasteiger partial charge >= 0.3 is 6.18 Å². The van der Waals surface area contributed by atoms with E-state index in [-0.39, 0.29) is 18.5 Å². The van der Waals surface area contributed by atoms with Crippen LogP contribution in [0.5, 0.6) is 0 Å². The van der Waals surface area contributed by atoms with Crippen LogP contribution in [-0.4, -0.2) is 24.2 Å². The Balaban J connectivity index is 2.16. The molecule has 0 saturated carbocycles. The van der Waals surface area contributed by atoms with E-state index >= 15 is 0 Å². The van der Waals surface area contributed by atoms with Crippen molar-refractivity contribution in [1.29, 1.82) is 0 Å². The summed E-state index contributed by atoms with van der Waals surface area (Å²) in [5.41, 5.74) is 1.90. The lowest BCUT2D eigenvalue weighted by molar-refractivity contribution is -0.386. The largest absolute Gasteiger partial charge is 0.391 e. The van der Waals surface area contributed by atoms with Gasteiger partial charge in [-0.3, -0.25) is 10.1 Å². The van der Waals surface area contributed by atoms with Gasteiger partial charge < -0.3 is 4.90 Å². The highest BCUT2D eigenvalue weighted by Crippen LogP contribution is 2.36. The number of nitro benzene ring substituents is 1. The Bertz CT molecular complexity index is 527. The normalized spacial score (nSPS) is 17.1. The lowest BCUT2D eigenvalue weighted by atomic mass is 9.95. The topological polar surface area (TPSA) is 46.4 Å². The molecule has 0 atom stereocenters. The van der Waals surface area contributed by atoms with Crippen LogP contribution in [0.2, 0.25) is 0 Å². The van der Waals surface area contributed by atoms with Gasteiger partial charge in [0.05, 0.1) is 10.8 Å². The number of anilines is 1. The summed E-state index contributed by atoms with van der Waals surface area (Å²) in [4.78, 5) is 12.4. The second-order valence-corrected chi connectivity index (χ2v) is 5.49. The average molecular weight is 302 g/mol. The third-order valence-electron chi connectivity index (χ3n) is 3.98. The van der Waals surface area contributed by atoms with E-state index in [1.807, 2.05) is 4.90 Å². The Morgan fingerprint density at radius 3 is 2.05 bits per heavy atom. The number of alkyl halides is 3. The van der Waals surface area contributed by atoms with Gasteiger partial charge in [0.15, 0.2) is 0 Å². The Morgan fingerprint density at radius 2 is 1.67 bits per heavy atom. The predicted molar refractivity (Wildman–Crippen MR) is 73.6 cm³/mol. The highest BCUT2D eigenvalue weighted by atomic mass is 19.4. The standard InChI is InChI=1S/C14H17F3N2O2/c1-9-7-12(8-10(2)13(9)19(20)21)18-5-3-11(4-6-18)14(15,16)17/h7-8,11H,3-6H2,1-2H3. The summed E-state index contributed by atoms with van der Waals surface area (Å²) in [5.74, 6) is -1.24. The van der Waals surface area contributed by atoms with E-state index < -0.39 is 17.0 Å². The minimum atomic E-state index is -4.13. The van der Waals surface area contributed by atoms with Crippen LogP contribution in [-0.2, 0) is 0 Å². The SMILES string of the molecule is Cc1cc(N2CCC(C(F)(F)F)CC2)cc(C)c1[N+](=O)[O-]. The quantitative estimate of drug-likeness (QED) is 0.613. The van der Waals surface area contributed by atoms with Crippen molar-refractivity contribution in [3.63, 3.8) is 0 Å². The van der Waals surface area contributed by atoms with Gasteiger partial charge in [-0.25, -0.2) is 0 Å². The Hall–Kier alpha value is -1.79. The maximum Gasteiger partial charge on any atom is 0.391 e. The molecule has 1 aliphatic rings. The molecule has 1 heterocycles. The van der Waals surface area contributed by atoms with E-state index in [0.29, 0.717) is 24.2 Å². The first-order valence-electron chi connectivity index (χ1n) is 6.77. The smallest absolute Gasteiger partial charge is 0.371 e. The molecule has 4 nitrogen and oxygen atoms in total. The van der Waals surface area contributed by atoms with Crippen molar-refractivity contribution in [1.82, 2.24) is 0 Å². The van der Waals surface area contributed by atoms with Crippen LogP contribution in [0.1, 0.15) is 24.0 Å². The zero-order valence-corrected chi connectivity index (χ0v) is 11.9. The summed E-state index contributed by atoms with van der Waals surface area (Å²) in [5, 5.41) is 11.0. The number of aryl methyl sites for hydroxylation is 2. The van der Waals surface area contributed by atoms with Gasteiger partial charge in [-0.15, -0.1) is 0 Å². The van der Waals surface area contributed by atoms with Crippen molar-refractivity contribution in [3.8, 4) is 0 Å². The summed E-state index contributed by atoms with van der Waals surface area (Å²) in [6, 6.07) is 3.36. The molecule has 0 aromatic heterocycles. The number of benzene rings is 1. The number of piperidine rings is 1. The number of hydrogen-bond donors (Lipinski definition) is 0. The zero-order valence-electron chi connectivity index (χ0n) is 11.9. The number of hydrogen-bond acceptors (Lipinski definition) is 3. The number of rotatable bonds is 2. The summed E-state index contributed by atoms with van der Waals surface area (Å²) < 4.78 is 37.9. The maximum absolute atomic E-state index is 12.6. The van der Waals surface area contributed by atoms with Crippen LogP contribution in [0.15, 0.2) is 12.1 Å². The molecular formula is C14H17F3N2O2. The van der Waals surface area contributed by atoms with Gasteiger partial charge in [0.1, 0.15) is 0 Å². The summed E-state index contributed by atoms with van der Waals surface area (Å²) in [6.45, 7) is 3.94. The number of halogens is 3. The van der Waals surface area contributed by atoms with Crippen LogP contribution < -0.4 is 4.90 Å². The van der Waals surface area contributed by atoms with Crippen LogP contribution in [0, 0.1) is 29.9 Å². The predicted octanol–water partition coefficient (Wildman–Crippen LogP) is 3.99. The van der Waals surface area contributed by atoms with Crippen molar-refractivity contribution >= 4 is 11.4 Å². The molecule has 1 saturated heterocycles. The van der Waals surface area contributed by atoms with Gasteiger partial charge in [0.2, 0.25) is 0 Å². The molecule has 0 spiro atoms. The summed E-state index contributed by atoms with van der Waals surface area (Å²) in [7, 11) is 0. The third kappa shape index (κ3) is 3.28. The van der Waals surface area contributed by atoms with Crippen molar-refractivity contribution in [2.24, 2.45) is 5.92 Å². The monoisotopic (exact) mass is 302 g/mol. The second kappa shape index (κ2) is 5.54. The highest BCUT2D eigenvalue weighted by molar-refractivity contribution is 5.59. The molecule has 1 fully saturated rings. The molecule has 116 valence electrons. The summed E-state index contributed by atoms with van der Waals surface area (Å²) in [6.07, 6.45) is -4.00. The van der Waals surface area contributed by atoms with Crippen molar-refractivity contribution in [2.75, 3.05) is 18.0 Å². The van der Waals surface area contributed by atoms with Crippen LogP contribution in [0.4, 0.5) is 24.5 Å². The number of nitro groups is 1. The molecule has 0 bridgehead atoms. The lowest BCUT2D eigenvalue weighted by Crippen LogP contribution is -2.39. The Kier molecular flexibility index (Phi) is 4.11. The molecule has 1 aromatic carbocycles. The fourth-order valence-electron chi connectivity index (χ4n) is 2.87. The lowest BCUT2D eigenvalue weighted by Gasteiger charge is -2.34. The fourth-order valence-corrected chi connectivity index (χ4v) is 2.87. The van der Waals surface area contributed by atoms with E-state index in [1.54, 1.807) is 26.0 Å². The van der Waals surface area contributed by atoms with Gasteiger partial charge in [-0.05, 0) is 38.8 Å². The zero-order chi connectivity index (χ0) is 15.8. The highest BCUT2D eigenvalue weighted by Gasteiger charge is 2.41. The minimum Gasteiger partial charge on any atom is -0.371 e. The van der Waals surface area contributed by atoms with Crippen LogP contribution in [0.25, 0.3) is 0 Å². The van der Waals surface area contributed by atoms with E-state index in [1.165, 1.54) is 0 Å². The molecule has 0 unspecified atom stereocenters. The maximum atomic E-state index is 12.6.